The Kier molecular flexibility index (Phi) is 4.11. The fourth-order valence-electron chi connectivity index (χ4n) is 2.19. The van der Waals surface area contributed by atoms with E-state index in [0.717, 1.165) is 0 Å². The standard InChI is InChI=1S/C16H15N5O3/c1-17-15(22)11-3-4-13(19-8-11)21-16(23)12(9-20-21)10-5-6-18-14(7-10)24-2/h3-9,23H,1-2H3,(H,17,22). The second kappa shape index (κ2) is 6.37. The zero-order valence-electron chi connectivity index (χ0n) is 13.1. The van der Waals surface area contributed by atoms with E-state index in [2.05, 4.69) is 20.4 Å². The molecule has 3 aromatic heterocycles. The molecule has 0 aromatic carbocycles. The van der Waals surface area contributed by atoms with Crippen molar-refractivity contribution < 1.29 is 14.6 Å². The van der Waals surface area contributed by atoms with Gasteiger partial charge in [-0.25, -0.2) is 9.97 Å². The van der Waals surface area contributed by atoms with Gasteiger partial charge in [-0.2, -0.15) is 9.78 Å². The summed E-state index contributed by atoms with van der Waals surface area (Å²) in [6.07, 6.45) is 4.53. The highest BCUT2D eigenvalue weighted by Gasteiger charge is 2.15. The number of carbonyl (C=O) groups is 1. The predicted octanol–water partition coefficient (Wildman–Crippen LogP) is 1.40. The Labute approximate surface area is 137 Å². The van der Waals surface area contributed by atoms with Gasteiger partial charge in [0.2, 0.25) is 11.8 Å². The molecule has 0 bridgehead atoms. The smallest absolute Gasteiger partial charge is 0.252 e. The van der Waals surface area contributed by atoms with E-state index in [0.29, 0.717) is 28.4 Å². The van der Waals surface area contributed by atoms with Gasteiger partial charge in [-0.15, -0.1) is 0 Å². The molecule has 0 unspecified atom stereocenters. The lowest BCUT2D eigenvalue weighted by Gasteiger charge is -2.05. The quantitative estimate of drug-likeness (QED) is 0.752. The molecule has 0 fully saturated rings. The molecule has 3 rings (SSSR count). The maximum absolute atomic E-state index is 11.5. The summed E-state index contributed by atoms with van der Waals surface area (Å²) in [5, 5.41) is 17.1. The molecule has 0 aliphatic heterocycles. The normalized spacial score (nSPS) is 10.4. The van der Waals surface area contributed by atoms with Crippen molar-refractivity contribution in [1.82, 2.24) is 25.1 Å². The maximum Gasteiger partial charge on any atom is 0.252 e. The van der Waals surface area contributed by atoms with E-state index in [1.165, 1.54) is 24.2 Å². The molecule has 8 nitrogen and oxygen atoms in total. The lowest BCUT2D eigenvalue weighted by atomic mass is 10.1. The fraction of sp³-hybridized carbons (Fsp3) is 0.125. The van der Waals surface area contributed by atoms with E-state index in [1.807, 2.05) is 0 Å². The van der Waals surface area contributed by atoms with Crippen LogP contribution in [0.5, 0.6) is 11.8 Å². The number of hydrogen-bond acceptors (Lipinski definition) is 6. The van der Waals surface area contributed by atoms with Gasteiger partial charge in [0.15, 0.2) is 5.82 Å². The number of aromatic nitrogens is 4. The van der Waals surface area contributed by atoms with Crippen LogP contribution in [-0.2, 0) is 0 Å². The minimum absolute atomic E-state index is 0.0663. The molecule has 0 radical (unpaired) electrons. The number of methoxy groups -OCH3 is 1. The van der Waals surface area contributed by atoms with Crippen LogP contribution in [0.25, 0.3) is 16.9 Å². The molecule has 0 saturated heterocycles. The van der Waals surface area contributed by atoms with Gasteiger partial charge in [0.05, 0.1) is 24.4 Å². The van der Waals surface area contributed by atoms with Gasteiger partial charge in [0.1, 0.15) is 0 Å². The largest absolute Gasteiger partial charge is 0.493 e. The molecule has 0 spiro atoms. The van der Waals surface area contributed by atoms with Crippen LogP contribution in [0.4, 0.5) is 0 Å². The Balaban J connectivity index is 1.96. The summed E-state index contributed by atoms with van der Waals surface area (Å²) < 4.78 is 6.37. The summed E-state index contributed by atoms with van der Waals surface area (Å²) in [7, 11) is 3.07. The third-order valence-corrected chi connectivity index (χ3v) is 3.45. The number of ether oxygens (including phenoxy) is 1. The number of carbonyl (C=O) groups excluding carboxylic acids is 1. The summed E-state index contributed by atoms with van der Waals surface area (Å²) >= 11 is 0. The van der Waals surface area contributed by atoms with Crippen molar-refractivity contribution in [1.29, 1.82) is 0 Å². The number of pyridine rings is 2. The van der Waals surface area contributed by atoms with Gasteiger partial charge < -0.3 is 15.2 Å². The molecule has 0 aliphatic rings. The SMILES string of the molecule is CNC(=O)c1ccc(-n2ncc(-c3ccnc(OC)c3)c2O)nc1. The highest BCUT2D eigenvalue weighted by Crippen LogP contribution is 2.31. The first-order chi connectivity index (χ1) is 11.6. The van der Waals surface area contributed by atoms with Crippen LogP contribution >= 0.6 is 0 Å². The van der Waals surface area contributed by atoms with Crippen molar-refractivity contribution in [2.75, 3.05) is 14.2 Å². The molecule has 3 aromatic rings. The second-order valence-corrected chi connectivity index (χ2v) is 4.86. The number of hydrogen-bond donors (Lipinski definition) is 2. The summed E-state index contributed by atoms with van der Waals surface area (Å²) in [5.41, 5.74) is 1.66. The lowest BCUT2D eigenvalue weighted by molar-refractivity contribution is 0.0962. The van der Waals surface area contributed by atoms with Crippen LogP contribution in [0.2, 0.25) is 0 Å². The molecule has 0 atom stereocenters. The molecule has 8 heteroatoms. The summed E-state index contributed by atoms with van der Waals surface area (Å²) in [5.74, 6) is 0.534. The molecule has 2 N–H and O–H groups in total. The van der Waals surface area contributed by atoms with E-state index in [9.17, 15) is 9.90 Å². The third kappa shape index (κ3) is 2.76. The summed E-state index contributed by atoms with van der Waals surface area (Å²) in [6, 6.07) is 6.65. The van der Waals surface area contributed by atoms with Crippen molar-refractivity contribution >= 4 is 5.91 Å². The number of rotatable bonds is 4. The minimum Gasteiger partial charge on any atom is -0.493 e. The van der Waals surface area contributed by atoms with E-state index in [4.69, 9.17) is 4.74 Å². The Morgan fingerprint density at radius 2 is 2.08 bits per heavy atom. The van der Waals surface area contributed by atoms with Crippen molar-refractivity contribution in [3.05, 3.63) is 48.4 Å². The number of aromatic hydroxyl groups is 1. The Morgan fingerprint density at radius 1 is 1.25 bits per heavy atom. The van der Waals surface area contributed by atoms with Gasteiger partial charge in [-0.1, -0.05) is 0 Å². The van der Waals surface area contributed by atoms with Crippen LogP contribution in [0, 0.1) is 0 Å². The number of nitrogens with one attached hydrogen (secondary N) is 1. The zero-order chi connectivity index (χ0) is 17.1. The maximum atomic E-state index is 11.5. The molecule has 0 saturated carbocycles. The van der Waals surface area contributed by atoms with Crippen LogP contribution in [0.1, 0.15) is 10.4 Å². The van der Waals surface area contributed by atoms with Crippen molar-refractivity contribution in [3.63, 3.8) is 0 Å². The molecule has 24 heavy (non-hydrogen) atoms. The molecule has 3 heterocycles. The van der Waals surface area contributed by atoms with Crippen LogP contribution in [0.15, 0.2) is 42.9 Å². The first-order valence-electron chi connectivity index (χ1n) is 7.10. The van der Waals surface area contributed by atoms with Gasteiger partial charge in [0.25, 0.3) is 5.91 Å². The van der Waals surface area contributed by atoms with E-state index in [-0.39, 0.29) is 11.8 Å². The van der Waals surface area contributed by atoms with E-state index < -0.39 is 0 Å². The van der Waals surface area contributed by atoms with Crippen LogP contribution < -0.4 is 10.1 Å². The van der Waals surface area contributed by atoms with E-state index in [1.54, 1.807) is 37.5 Å². The van der Waals surface area contributed by atoms with Crippen molar-refractivity contribution in [2.45, 2.75) is 0 Å². The number of amides is 1. The summed E-state index contributed by atoms with van der Waals surface area (Å²) in [4.78, 5) is 19.7. The van der Waals surface area contributed by atoms with Gasteiger partial charge in [-0.05, 0) is 23.8 Å². The Morgan fingerprint density at radius 3 is 2.75 bits per heavy atom. The highest BCUT2D eigenvalue weighted by molar-refractivity contribution is 5.93. The fourth-order valence-corrected chi connectivity index (χ4v) is 2.19. The molecular formula is C16H15N5O3. The van der Waals surface area contributed by atoms with E-state index >= 15 is 0 Å². The average molecular weight is 325 g/mol. The monoisotopic (exact) mass is 325 g/mol. The van der Waals surface area contributed by atoms with Crippen molar-refractivity contribution in [2.24, 2.45) is 0 Å². The second-order valence-electron chi connectivity index (χ2n) is 4.86. The van der Waals surface area contributed by atoms with Crippen LogP contribution in [0.3, 0.4) is 0 Å². The first kappa shape index (κ1) is 15.5. The summed E-state index contributed by atoms with van der Waals surface area (Å²) in [6.45, 7) is 0. The molecule has 1 amide bonds. The topological polar surface area (TPSA) is 102 Å². The third-order valence-electron chi connectivity index (χ3n) is 3.45. The van der Waals surface area contributed by atoms with Gasteiger partial charge in [-0.3, -0.25) is 4.79 Å². The number of nitrogens with zero attached hydrogens (tertiary/aromatic N) is 4. The first-order valence-corrected chi connectivity index (χ1v) is 7.10. The molecular weight excluding hydrogens is 310 g/mol. The van der Waals surface area contributed by atoms with Gasteiger partial charge in [0, 0.05) is 25.5 Å². The van der Waals surface area contributed by atoms with Crippen molar-refractivity contribution in [3.8, 4) is 28.7 Å². The average Bonchev–Trinajstić information content (AvgIpc) is 3.02. The molecule has 0 aliphatic carbocycles. The zero-order valence-corrected chi connectivity index (χ0v) is 13.1. The Hall–Kier alpha value is -3.42. The lowest BCUT2D eigenvalue weighted by Crippen LogP contribution is -2.18. The highest BCUT2D eigenvalue weighted by atomic mass is 16.5. The predicted molar refractivity (Wildman–Crippen MR) is 86.2 cm³/mol. The van der Waals surface area contributed by atoms with Crippen LogP contribution in [-0.4, -0.2) is 44.9 Å². The molecule has 122 valence electrons. The van der Waals surface area contributed by atoms with Gasteiger partial charge >= 0.3 is 0 Å². The Bertz CT molecular complexity index is 874. The minimum atomic E-state index is -0.233.